The summed E-state index contributed by atoms with van der Waals surface area (Å²) in [6.07, 6.45) is -3.08. The standard InChI is InChI=1S/C8H7F3N4/c9-8(10,11)7-14-3-4-5(15-7)1-2-13-6(4)12/h3H,1-2H2,(H2,12,13). The van der Waals surface area contributed by atoms with Crippen LogP contribution in [-0.2, 0) is 12.6 Å². The molecule has 0 amide bonds. The molecule has 1 aromatic heterocycles. The lowest BCUT2D eigenvalue weighted by molar-refractivity contribution is -0.145. The molecule has 1 aliphatic heterocycles. The van der Waals surface area contributed by atoms with Gasteiger partial charge >= 0.3 is 6.18 Å². The SMILES string of the molecule is NC1=NCCc2nc(C(F)(F)F)ncc21. The number of alkyl halides is 3. The van der Waals surface area contributed by atoms with Gasteiger partial charge in [0.15, 0.2) is 0 Å². The number of amidine groups is 1. The zero-order chi connectivity index (χ0) is 11.1. The molecular weight excluding hydrogens is 209 g/mol. The first-order chi connectivity index (χ1) is 6.98. The van der Waals surface area contributed by atoms with Crippen molar-refractivity contribution >= 4 is 5.84 Å². The van der Waals surface area contributed by atoms with Crippen molar-refractivity contribution in [1.29, 1.82) is 0 Å². The van der Waals surface area contributed by atoms with E-state index in [-0.39, 0.29) is 5.84 Å². The summed E-state index contributed by atoms with van der Waals surface area (Å²) in [5, 5.41) is 0. The van der Waals surface area contributed by atoms with Crippen molar-refractivity contribution in [2.75, 3.05) is 6.54 Å². The van der Waals surface area contributed by atoms with Crippen LogP contribution in [-0.4, -0.2) is 22.3 Å². The molecule has 2 heterocycles. The quantitative estimate of drug-likeness (QED) is 0.696. The van der Waals surface area contributed by atoms with Crippen LogP contribution in [0.5, 0.6) is 0 Å². The predicted octanol–water partition coefficient (Wildman–Crippen LogP) is 0.757. The minimum atomic E-state index is -4.52. The predicted molar refractivity (Wildman–Crippen MR) is 46.3 cm³/mol. The molecule has 0 unspecified atom stereocenters. The summed E-state index contributed by atoms with van der Waals surface area (Å²) in [6.45, 7) is 0.368. The van der Waals surface area contributed by atoms with Gasteiger partial charge in [0, 0.05) is 19.2 Å². The smallest absolute Gasteiger partial charge is 0.383 e. The van der Waals surface area contributed by atoms with Crippen LogP contribution in [0.25, 0.3) is 0 Å². The van der Waals surface area contributed by atoms with Crippen LogP contribution in [0.2, 0.25) is 0 Å². The van der Waals surface area contributed by atoms with Crippen molar-refractivity contribution in [3.8, 4) is 0 Å². The second kappa shape index (κ2) is 3.18. The highest BCUT2D eigenvalue weighted by molar-refractivity contribution is 5.98. The molecule has 15 heavy (non-hydrogen) atoms. The first-order valence-corrected chi connectivity index (χ1v) is 4.22. The molecule has 2 N–H and O–H groups in total. The van der Waals surface area contributed by atoms with Gasteiger partial charge in [-0.3, -0.25) is 4.99 Å². The van der Waals surface area contributed by atoms with Gasteiger partial charge in [-0.2, -0.15) is 13.2 Å². The molecule has 0 radical (unpaired) electrons. The molecule has 0 saturated carbocycles. The monoisotopic (exact) mass is 216 g/mol. The number of hydrogen-bond acceptors (Lipinski definition) is 4. The number of nitrogens with two attached hydrogens (primary N) is 1. The van der Waals surface area contributed by atoms with E-state index in [9.17, 15) is 13.2 Å². The maximum atomic E-state index is 12.3. The number of halogens is 3. The third kappa shape index (κ3) is 1.77. The lowest BCUT2D eigenvalue weighted by atomic mass is 10.1. The Bertz CT molecular complexity index is 424. The average Bonchev–Trinajstić information content (AvgIpc) is 2.16. The van der Waals surface area contributed by atoms with E-state index in [1.54, 1.807) is 0 Å². The topological polar surface area (TPSA) is 64.2 Å². The summed E-state index contributed by atoms with van der Waals surface area (Å²) >= 11 is 0. The van der Waals surface area contributed by atoms with Crippen molar-refractivity contribution in [3.05, 3.63) is 23.3 Å². The Morgan fingerprint density at radius 1 is 1.33 bits per heavy atom. The lowest BCUT2D eigenvalue weighted by Gasteiger charge is -2.14. The van der Waals surface area contributed by atoms with Gasteiger partial charge in [-0.25, -0.2) is 9.97 Å². The number of rotatable bonds is 0. The third-order valence-electron chi connectivity index (χ3n) is 2.03. The second-order valence-corrected chi connectivity index (χ2v) is 3.07. The second-order valence-electron chi connectivity index (χ2n) is 3.07. The van der Waals surface area contributed by atoms with Gasteiger partial charge in [0.2, 0.25) is 5.82 Å². The highest BCUT2D eigenvalue weighted by Gasteiger charge is 2.35. The van der Waals surface area contributed by atoms with Crippen LogP contribution in [0.1, 0.15) is 17.1 Å². The molecule has 1 aromatic rings. The molecule has 0 bridgehead atoms. The van der Waals surface area contributed by atoms with Gasteiger partial charge in [-0.15, -0.1) is 0 Å². The van der Waals surface area contributed by atoms with E-state index in [0.29, 0.717) is 24.2 Å². The Morgan fingerprint density at radius 3 is 2.73 bits per heavy atom. The number of aromatic nitrogens is 2. The Morgan fingerprint density at radius 2 is 2.07 bits per heavy atom. The molecule has 0 aliphatic carbocycles. The van der Waals surface area contributed by atoms with Gasteiger partial charge < -0.3 is 5.73 Å². The van der Waals surface area contributed by atoms with Gasteiger partial charge in [0.25, 0.3) is 0 Å². The highest BCUT2D eigenvalue weighted by Crippen LogP contribution is 2.26. The van der Waals surface area contributed by atoms with Crippen LogP contribution in [0.3, 0.4) is 0 Å². The molecule has 1 aliphatic rings. The number of hydrogen-bond donors (Lipinski definition) is 1. The number of fused-ring (bicyclic) bond motifs is 1. The van der Waals surface area contributed by atoms with Gasteiger partial charge in [-0.1, -0.05) is 0 Å². The van der Waals surface area contributed by atoms with Crippen molar-refractivity contribution in [2.24, 2.45) is 10.7 Å². The van der Waals surface area contributed by atoms with Gasteiger partial charge in [0.05, 0.1) is 11.3 Å². The summed E-state index contributed by atoms with van der Waals surface area (Å²) < 4.78 is 36.8. The Hall–Kier alpha value is -1.66. The van der Waals surface area contributed by atoms with E-state index < -0.39 is 12.0 Å². The van der Waals surface area contributed by atoms with Crippen LogP contribution in [0.15, 0.2) is 11.2 Å². The molecule has 0 fully saturated rings. The minimum absolute atomic E-state index is 0.199. The molecular formula is C8H7F3N4. The van der Waals surface area contributed by atoms with Crippen LogP contribution < -0.4 is 5.73 Å². The normalized spacial score (nSPS) is 15.8. The van der Waals surface area contributed by atoms with E-state index >= 15 is 0 Å². The molecule has 0 spiro atoms. The van der Waals surface area contributed by atoms with E-state index in [4.69, 9.17) is 5.73 Å². The molecule has 0 aromatic carbocycles. The highest BCUT2D eigenvalue weighted by atomic mass is 19.4. The molecule has 80 valence electrons. The Balaban J connectivity index is 2.48. The van der Waals surface area contributed by atoms with Crippen molar-refractivity contribution in [1.82, 2.24) is 9.97 Å². The molecule has 0 saturated heterocycles. The maximum absolute atomic E-state index is 12.3. The summed E-state index contributed by atoms with van der Waals surface area (Å²) in [7, 11) is 0. The van der Waals surface area contributed by atoms with Crippen LogP contribution >= 0.6 is 0 Å². The molecule has 0 atom stereocenters. The Labute approximate surface area is 83.1 Å². The molecule has 4 nitrogen and oxygen atoms in total. The first-order valence-electron chi connectivity index (χ1n) is 4.22. The number of nitrogens with zero attached hydrogens (tertiary/aromatic N) is 3. The zero-order valence-corrected chi connectivity index (χ0v) is 7.54. The average molecular weight is 216 g/mol. The zero-order valence-electron chi connectivity index (χ0n) is 7.54. The van der Waals surface area contributed by atoms with Crippen molar-refractivity contribution < 1.29 is 13.2 Å². The first kappa shape index (κ1) is 9.88. The lowest BCUT2D eigenvalue weighted by Crippen LogP contribution is -2.24. The van der Waals surface area contributed by atoms with Crippen molar-refractivity contribution in [2.45, 2.75) is 12.6 Å². The fourth-order valence-electron chi connectivity index (χ4n) is 1.33. The largest absolute Gasteiger partial charge is 0.451 e. The molecule has 7 heteroatoms. The Kier molecular flexibility index (Phi) is 2.09. The van der Waals surface area contributed by atoms with E-state index in [1.807, 2.05) is 0 Å². The minimum Gasteiger partial charge on any atom is -0.383 e. The fraction of sp³-hybridized carbons (Fsp3) is 0.375. The molecule has 2 rings (SSSR count). The summed E-state index contributed by atoms with van der Waals surface area (Å²) in [4.78, 5) is 10.6. The van der Waals surface area contributed by atoms with Gasteiger partial charge in [0.1, 0.15) is 5.84 Å². The van der Waals surface area contributed by atoms with Crippen molar-refractivity contribution in [3.63, 3.8) is 0 Å². The van der Waals surface area contributed by atoms with Gasteiger partial charge in [-0.05, 0) is 0 Å². The summed E-state index contributed by atoms with van der Waals surface area (Å²) in [5.74, 6) is -0.930. The summed E-state index contributed by atoms with van der Waals surface area (Å²) in [5.41, 5.74) is 6.20. The maximum Gasteiger partial charge on any atom is 0.451 e. The van der Waals surface area contributed by atoms with E-state index in [2.05, 4.69) is 15.0 Å². The van der Waals surface area contributed by atoms with E-state index in [1.165, 1.54) is 0 Å². The fourth-order valence-corrected chi connectivity index (χ4v) is 1.33. The summed E-state index contributed by atoms with van der Waals surface area (Å²) in [6, 6.07) is 0. The van der Waals surface area contributed by atoms with Crippen LogP contribution in [0.4, 0.5) is 13.2 Å². The van der Waals surface area contributed by atoms with E-state index in [0.717, 1.165) is 6.20 Å². The van der Waals surface area contributed by atoms with Crippen LogP contribution in [0, 0.1) is 0 Å². The third-order valence-corrected chi connectivity index (χ3v) is 2.03. The number of aliphatic imine (C=N–C) groups is 1.